The van der Waals surface area contributed by atoms with Gasteiger partial charge in [0.2, 0.25) is 0 Å². The molecule has 0 saturated heterocycles. The number of ketones is 1. The zero-order chi connectivity index (χ0) is 18.7. The molecule has 0 atom stereocenters. The molecular weight excluding hydrogens is 340 g/mol. The molecule has 0 saturated carbocycles. The maximum atomic E-state index is 13.3. The van der Waals surface area contributed by atoms with E-state index in [4.69, 9.17) is 9.47 Å². The molecule has 0 radical (unpaired) electrons. The number of aromatic nitrogens is 1. The predicted octanol–water partition coefficient (Wildman–Crippen LogP) is 4.28. The van der Waals surface area contributed by atoms with E-state index in [1.807, 2.05) is 0 Å². The average Bonchev–Trinajstić information content (AvgIpc) is 2.67. The van der Waals surface area contributed by atoms with Gasteiger partial charge in [-0.05, 0) is 36.4 Å². The van der Waals surface area contributed by atoms with Crippen molar-refractivity contribution in [3.8, 4) is 22.8 Å². The normalized spacial score (nSPS) is 10.5. The second kappa shape index (κ2) is 7.31. The van der Waals surface area contributed by atoms with Gasteiger partial charge in [0, 0.05) is 29.5 Å². The first-order valence-electron chi connectivity index (χ1n) is 7.71. The Bertz CT molecular complexity index is 956. The van der Waals surface area contributed by atoms with Crippen LogP contribution in [0.4, 0.5) is 8.78 Å². The SMILES string of the molecule is COc1cc(F)ccc1C(=O)c1ccc(-c2ccc(F)cc2OC)nc1. The molecule has 0 amide bonds. The molecule has 132 valence electrons. The number of carbonyl (C=O) groups excluding carboxylic acids is 1. The Morgan fingerprint density at radius 2 is 1.54 bits per heavy atom. The molecule has 3 rings (SSSR count). The van der Waals surface area contributed by atoms with Crippen LogP contribution in [0.3, 0.4) is 0 Å². The molecule has 0 unspecified atom stereocenters. The van der Waals surface area contributed by atoms with E-state index >= 15 is 0 Å². The van der Waals surface area contributed by atoms with Gasteiger partial charge in [0.25, 0.3) is 0 Å². The van der Waals surface area contributed by atoms with Gasteiger partial charge in [0.05, 0.1) is 25.5 Å². The van der Waals surface area contributed by atoms with Gasteiger partial charge in [-0.25, -0.2) is 8.78 Å². The summed E-state index contributed by atoms with van der Waals surface area (Å²) < 4.78 is 36.9. The highest BCUT2D eigenvalue weighted by Gasteiger charge is 2.16. The molecule has 2 aromatic carbocycles. The number of carbonyl (C=O) groups is 1. The van der Waals surface area contributed by atoms with Crippen LogP contribution in [0.2, 0.25) is 0 Å². The average molecular weight is 355 g/mol. The van der Waals surface area contributed by atoms with E-state index in [2.05, 4.69) is 4.98 Å². The monoisotopic (exact) mass is 355 g/mol. The van der Waals surface area contributed by atoms with E-state index in [0.717, 1.165) is 6.07 Å². The lowest BCUT2D eigenvalue weighted by atomic mass is 10.0. The fraction of sp³-hybridized carbons (Fsp3) is 0.100. The smallest absolute Gasteiger partial charge is 0.198 e. The predicted molar refractivity (Wildman–Crippen MR) is 92.6 cm³/mol. The Kier molecular flexibility index (Phi) is 4.93. The fourth-order valence-corrected chi connectivity index (χ4v) is 2.57. The number of pyridine rings is 1. The van der Waals surface area contributed by atoms with Crippen LogP contribution in [-0.2, 0) is 0 Å². The van der Waals surface area contributed by atoms with Crippen LogP contribution in [0.5, 0.6) is 11.5 Å². The molecular formula is C20H15F2NO3. The van der Waals surface area contributed by atoms with Crippen molar-refractivity contribution in [3.63, 3.8) is 0 Å². The number of rotatable bonds is 5. The molecule has 1 heterocycles. The Hall–Kier alpha value is -3.28. The lowest BCUT2D eigenvalue weighted by molar-refractivity contribution is 0.103. The maximum Gasteiger partial charge on any atom is 0.198 e. The first kappa shape index (κ1) is 17.5. The quantitative estimate of drug-likeness (QED) is 0.641. The summed E-state index contributed by atoms with van der Waals surface area (Å²) >= 11 is 0. The number of nitrogens with zero attached hydrogens (tertiary/aromatic N) is 1. The Morgan fingerprint density at radius 3 is 2.15 bits per heavy atom. The first-order chi connectivity index (χ1) is 12.5. The molecule has 4 nitrogen and oxygen atoms in total. The largest absolute Gasteiger partial charge is 0.496 e. The van der Waals surface area contributed by atoms with E-state index in [-0.39, 0.29) is 17.1 Å². The lowest BCUT2D eigenvalue weighted by Gasteiger charge is -2.10. The van der Waals surface area contributed by atoms with Crippen LogP contribution in [0.1, 0.15) is 15.9 Å². The molecule has 26 heavy (non-hydrogen) atoms. The number of ether oxygens (including phenoxy) is 2. The molecule has 0 spiro atoms. The lowest BCUT2D eigenvalue weighted by Crippen LogP contribution is -2.05. The fourth-order valence-electron chi connectivity index (χ4n) is 2.57. The van der Waals surface area contributed by atoms with E-state index in [1.165, 1.54) is 44.7 Å². The Morgan fingerprint density at radius 1 is 0.885 bits per heavy atom. The standard InChI is InChI=1S/C20H15F2NO3/c1-25-18-9-13(21)4-6-15(18)17-8-3-12(11-23-17)20(24)16-7-5-14(22)10-19(16)26-2/h3-11H,1-2H3. The molecule has 0 bridgehead atoms. The van der Waals surface area contributed by atoms with Crippen molar-refractivity contribution in [2.24, 2.45) is 0 Å². The summed E-state index contributed by atoms with van der Waals surface area (Å²) in [5.41, 5.74) is 1.69. The van der Waals surface area contributed by atoms with Crippen molar-refractivity contribution >= 4 is 5.78 Å². The van der Waals surface area contributed by atoms with Crippen LogP contribution >= 0.6 is 0 Å². The topological polar surface area (TPSA) is 48.4 Å². The summed E-state index contributed by atoms with van der Waals surface area (Å²) in [5, 5.41) is 0. The summed E-state index contributed by atoms with van der Waals surface area (Å²) in [6, 6.07) is 11.1. The molecule has 6 heteroatoms. The molecule has 3 aromatic rings. The van der Waals surface area contributed by atoms with Crippen LogP contribution in [0, 0.1) is 11.6 Å². The summed E-state index contributed by atoms with van der Waals surface area (Å²) in [7, 11) is 2.81. The molecule has 0 aliphatic rings. The van der Waals surface area contributed by atoms with Crippen molar-refractivity contribution < 1.29 is 23.0 Å². The molecule has 1 aromatic heterocycles. The molecule has 0 fully saturated rings. The van der Waals surface area contributed by atoms with Crippen molar-refractivity contribution in [2.45, 2.75) is 0 Å². The third-order valence-electron chi connectivity index (χ3n) is 3.87. The summed E-state index contributed by atoms with van der Waals surface area (Å²) in [6.07, 6.45) is 1.41. The van der Waals surface area contributed by atoms with Gasteiger partial charge in [-0.2, -0.15) is 0 Å². The van der Waals surface area contributed by atoms with E-state index in [9.17, 15) is 13.6 Å². The summed E-state index contributed by atoms with van der Waals surface area (Å²) in [5.74, 6) is -0.751. The van der Waals surface area contributed by atoms with Gasteiger partial charge in [-0.1, -0.05) is 0 Å². The molecule has 0 aliphatic heterocycles. The highest BCUT2D eigenvalue weighted by atomic mass is 19.1. The van der Waals surface area contributed by atoms with Gasteiger partial charge in [0.1, 0.15) is 23.1 Å². The van der Waals surface area contributed by atoms with Crippen LogP contribution in [0.25, 0.3) is 11.3 Å². The second-order valence-electron chi connectivity index (χ2n) is 5.45. The number of hydrogen-bond acceptors (Lipinski definition) is 4. The third-order valence-corrected chi connectivity index (χ3v) is 3.87. The number of methoxy groups -OCH3 is 2. The minimum atomic E-state index is -0.490. The van der Waals surface area contributed by atoms with Crippen LogP contribution in [-0.4, -0.2) is 25.0 Å². The number of benzene rings is 2. The first-order valence-corrected chi connectivity index (χ1v) is 7.71. The highest BCUT2D eigenvalue weighted by molar-refractivity contribution is 6.10. The highest BCUT2D eigenvalue weighted by Crippen LogP contribution is 2.30. The summed E-state index contributed by atoms with van der Waals surface area (Å²) in [6.45, 7) is 0. The zero-order valence-electron chi connectivity index (χ0n) is 14.1. The van der Waals surface area contributed by atoms with Gasteiger partial charge in [0.15, 0.2) is 5.78 Å². The minimum absolute atomic E-state index is 0.152. The summed E-state index contributed by atoms with van der Waals surface area (Å²) in [4.78, 5) is 16.9. The van der Waals surface area contributed by atoms with Crippen molar-refractivity contribution in [1.29, 1.82) is 0 Å². The van der Waals surface area contributed by atoms with Gasteiger partial charge < -0.3 is 9.47 Å². The van der Waals surface area contributed by atoms with Gasteiger partial charge in [-0.15, -0.1) is 0 Å². The second-order valence-corrected chi connectivity index (χ2v) is 5.45. The Labute approximate surface area is 149 Å². The third kappa shape index (κ3) is 3.39. The maximum absolute atomic E-state index is 13.3. The van der Waals surface area contributed by atoms with Gasteiger partial charge in [-0.3, -0.25) is 9.78 Å². The number of halogens is 2. The van der Waals surface area contributed by atoms with E-state index < -0.39 is 11.6 Å². The van der Waals surface area contributed by atoms with Gasteiger partial charge >= 0.3 is 0 Å². The minimum Gasteiger partial charge on any atom is -0.496 e. The van der Waals surface area contributed by atoms with E-state index in [1.54, 1.807) is 18.2 Å². The van der Waals surface area contributed by atoms with Crippen molar-refractivity contribution in [1.82, 2.24) is 4.98 Å². The zero-order valence-corrected chi connectivity index (χ0v) is 14.1. The van der Waals surface area contributed by atoms with Crippen molar-refractivity contribution in [2.75, 3.05) is 14.2 Å². The molecule has 0 aliphatic carbocycles. The van der Waals surface area contributed by atoms with Crippen molar-refractivity contribution in [3.05, 3.63) is 77.5 Å². The van der Waals surface area contributed by atoms with Crippen LogP contribution < -0.4 is 9.47 Å². The number of hydrogen-bond donors (Lipinski definition) is 0. The van der Waals surface area contributed by atoms with Crippen LogP contribution in [0.15, 0.2) is 54.7 Å². The van der Waals surface area contributed by atoms with E-state index in [0.29, 0.717) is 22.6 Å². The molecule has 0 N–H and O–H groups in total. The Balaban J connectivity index is 1.94.